The van der Waals surface area contributed by atoms with Crippen molar-refractivity contribution in [1.82, 2.24) is 9.47 Å². The number of para-hydroxylation sites is 2. The molecular formula is C22H25N3O2S. The molecule has 1 fully saturated rings. The molecule has 1 aliphatic heterocycles. The van der Waals surface area contributed by atoms with Crippen LogP contribution in [0, 0.1) is 0 Å². The van der Waals surface area contributed by atoms with Gasteiger partial charge in [0.15, 0.2) is 0 Å². The second-order valence-corrected chi connectivity index (χ2v) is 7.73. The van der Waals surface area contributed by atoms with Gasteiger partial charge in [-0.25, -0.2) is 0 Å². The molecule has 0 saturated carbocycles. The predicted molar refractivity (Wildman–Crippen MR) is 113 cm³/mol. The maximum absolute atomic E-state index is 13.0. The van der Waals surface area contributed by atoms with Crippen molar-refractivity contribution >= 4 is 22.9 Å². The fourth-order valence-electron chi connectivity index (χ4n) is 3.80. The van der Waals surface area contributed by atoms with Crippen LogP contribution in [-0.2, 0) is 4.79 Å². The van der Waals surface area contributed by atoms with Crippen LogP contribution in [0.15, 0.2) is 65.6 Å². The molecule has 2 aromatic heterocycles. The van der Waals surface area contributed by atoms with E-state index in [1.165, 1.54) is 5.56 Å². The van der Waals surface area contributed by atoms with Crippen molar-refractivity contribution in [2.45, 2.75) is 12.5 Å². The first-order valence-electron chi connectivity index (χ1n) is 9.56. The predicted octanol–water partition coefficient (Wildman–Crippen LogP) is 3.89. The highest BCUT2D eigenvalue weighted by Crippen LogP contribution is 2.29. The Morgan fingerprint density at radius 2 is 1.82 bits per heavy atom. The van der Waals surface area contributed by atoms with E-state index in [0.29, 0.717) is 6.42 Å². The number of rotatable bonds is 6. The normalized spacial score (nSPS) is 15.5. The fraction of sp³-hybridized carbons (Fsp3) is 0.318. The van der Waals surface area contributed by atoms with Crippen molar-refractivity contribution in [3.05, 3.63) is 71.2 Å². The first-order chi connectivity index (χ1) is 13.8. The number of piperazine rings is 1. The quantitative estimate of drug-likeness (QED) is 0.636. The van der Waals surface area contributed by atoms with Gasteiger partial charge in [-0.3, -0.25) is 4.79 Å². The van der Waals surface area contributed by atoms with E-state index >= 15 is 0 Å². The second-order valence-electron chi connectivity index (χ2n) is 6.95. The molecule has 146 valence electrons. The number of ether oxygens (including phenoxy) is 1. The molecule has 1 aliphatic rings. The van der Waals surface area contributed by atoms with Gasteiger partial charge in [0.1, 0.15) is 5.75 Å². The van der Waals surface area contributed by atoms with E-state index in [0.717, 1.165) is 37.6 Å². The molecule has 0 unspecified atom stereocenters. The third-order valence-electron chi connectivity index (χ3n) is 5.34. The van der Waals surface area contributed by atoms with Crippen LogP contribution >= 0.6 is 11.3 Å². The highest BCUT2D eigenvalue weighted by Gasteiger charge is 2.26. The van der Waals surface area contributed by atoms with Crippen LogP contribution in [0.3, 0.4) is 0 Å². The first kappa shape index (κ1) is 18.6. The van der Waals surface area contributed by atoms with E-state index in [1.807, 2.05) is 47.6 Å². The Morgan fingerprint density at radius 1 is 1.07 bits per heavy atom. The van der Waals surface area contributed by atoms with Crippen LogP contribution in [0.25, 0.3) is 0 Å². The highest BCUT2D eigenvalue weighted by atomic mass is 32.1. The zero-order valence-corrected chi connectivity index (χ0v) is 16.8. The lowest BCUT2D eigenvalue weighted by molar-refractivity contribution is -0.132. The summed E-state index contributed by atoms with van der Waals surface area (Å²) in [6.45, 7) is 3.11. The Morgan fingerprint density at radius 3 is 2.50 bits per heavy atom. The van der Waals surface area contributed by atoms with Crippen LogP contribution in [0.5, 0.6) is 5.75 Å². The molecule has 0 radical (unpaired) electrons. The van der Waals surface area contributed by atoms with E-state index in [4.69, 9.17) is 4.74 Å². The number of aromatic nitrogens is 1. The summed E-state index contributed by atoms with van der Waals surface area (Å²) < 4.78 is 7.61. The molecule has 1 aromatic carbocycles. The van der Waals surface area contributed by atoms with E-state index < -0.39 is 0 Å². The molecule has 3 heterocycles. The Bertz CT molecular complexity index is 850. The van der Waals surface area contributed by atoms with Crippen molar-refractivity contribution in [2.75, 3.05) is 38.2 Å². The third-order valence-corrected chi connectivity index (χ3v) is 6.04. The zero-order chi connectivity index (χ0) is 19.3. The monoisotopic (exact) mass is 395 g/mol. The smallest absolute Gasteiger partial charge is 0.225 e. The highest BCUT2D eigenvalue weighted by molar-refractivity contribution is 7.08. The van der Waals surface area contributed by atoms with Crippen molar-refractivity contribution in [2.24, 2.45) is 0 Å². The Kier molecular flexibility index (Phi) is 5.67. The lowest BCUT2D eigenvalue weighted by Gasteiger charge is -2.37. The number of nitrogens with zero attached hydrogens (tertiary/aromatic N) is 3. The maximum atomic E-state index is 13.0. The summed E-state index contributed by atoms with van der Waals surface area (Å²) in [6, 6.07) is 14.3. The number of methoxy groups -OCH3 is 1. The van der Waals surface area contributed by atoms with Gasteiger partial charge < -0.3 is 19.1 Å². The molecule has 3 aromatic rings. The average Bonchev–Trinajstić information content (AvgIpc) is 3.46. The van der Waals surface area contributed by atoms with Gasteiger partial charge in [0, 0.05) is 38.6 Å². The van der Waals surface area contributed by atoms with E-state index in [9.17, 15) is 4.79 Å². The summed E-state index contributed by atoms with van der Waals surface area (Å²) in [6.07, 6.45) is 4.56. The molecule has 0 spiro atoms. The van der Waals surface area contributed by atoms with Gasteiger partial charge in [-0.2, -0.15) is 11.3 Å². The first-order valence-corrected chi connectivity index (χ1v) is 10.5. The molecule has 4 rings (SSSR count). The van der Waals surface area contributed by atoms with Crippen LogP contribution in [-0.4, -0.2) is 48.7 Å². The summed E-state index contributed by atoms with van der Waals surface area (Å²) in [5.74, 6) is 1.09. The Balaban J connectivity index is 1.41. The summed E-state index contributed by atoms with van der Waals surface area (Å²) in [4.78, 5) is 17.3. The van der Waals surface area contributed by atoms with Crippen LogP contribution in [0.2, 0.25) is 0 Å². The summed E-state index contributed by atoms with van der Waals surface area (Å²) >= 11 is 1.67. The van der Waals surface area contributed by atoms with Crippen molar-refractivity contribution < 1.29 is 9.53 Å². The Labute approximate surface area is 169 Å². The molecule has 6 heteroatoms. The minimum Gasteiger partial charge on any atom is -0.495 e. The molecule has 1 amide bonds. The molecule has 1 saturated heterocycles. The number of carbonyl (C=O) groups is 1. The molecular weight excluding hydrogens is 370 g/mol. The molecule has 1 atom stereocenters. The largest absolute Gasteiger partial charge is 0.495 e. The molecule has 0 bridgehead atoms. The standard InChI is InChI=1S/C22H25N3O2S/c1-27-21-7-3-2-6-19(21)24-11-13-25(14-12-24)22(26)16-20(18-8-15-28-17-18)23-9-4-5-10-23/h2-10,15,17,20H,11-14,16H2,1H3/t20-/m0/s1. The van der Waals surface area contributed by atoms with Gasteiger partial charge in [-0.15, -0.1) is 0 Å². The van der Waals surface area contributed by atoms with Gasteiger partial charge >= 0.3 is 0 Å². The van der Waals surface area contributed by atoms with E-state index in [-0.39, 0.29) is 11.9 Å². The van der Waals surface area contributed by atoms with Gasteiger partial charge in [-0.05, 0) is 46.7 Å². The third kappa shape index (κ3) is 3.92. The van der Waals surface area contributed by atoms with Gasteiger partial charge in [-0.1, -0.05) is 12.1 Å². The second kappa shape index (κ2) is 8.52. The number of carbonyl (C=O) groups excluding carboxylic acids is 1. The summed E-state index contributed by atoms with van der Waals surface area (Å²) in [5.41, 5.74) is 2.29. The van der Waals surface area contributed by atoms with E-state index in [2.05, 4.69) is 32.4 Å². The number of anilines is 1. The van der Waals surface area contributed by atoms with Crippen LogP contribution < -0.4 is 9.64 Å². The van der Waals surface area contributed by atoms with Gasteiger partial charge in [0.05, 0.1) is 25.3 Å². The SMILES string of the molecule is COc1ccccc1N1CCN(C(=O)C[C@@H](c2ccsc2)n2cccc2)CC1. The van der Waals surface area contributed by atoms with E-state index in [1.54, 1.807) is 18.4 Å². The zero-order valence-electron chi connectivity index (χ0n) is 16.0. The lowest BCUT2D eigenvalue weighted by Crippen LogP contribution is -2.49. The molecule has 0 N–H and O–H groups in total. The minimum absolute atomic E-state index is 0.0565. The molecule has 28 heavy (non-hydrogen) atoms. The van der Waals surface area contributed by atoms with Crippen molar-refractivity contribution in [3.8, 4) is 5.75 Å². The molecule has 0 aliphatic carbocycles. The topological polar surface area (TPSA) is 37.7 Å². The number of amides is 1. The number of thiophene rings is 1. The number of benzene rings is 1. The van der Waals surface area contributed by atoms with Gasteiger partial charge in [0.25, 0.3) is 0 Å². The number of hydrogen-bond acceptors (Lipinski definition) is 4. The summed E-state index contributed by atoms with van der Waals surface area (Å²) in [7, 11) is 1.70. The van der Waals surface area contributed by atoms with Crippen molar-refractivity contribution in [1.29, 1.82) is 0 Å². The molecule has 5 nitrogen and oxygen atoms in total. The average molecular weight is 396 g/mol. The summed E-state index contributed by atoms with van der Waals surface area (Å²) in [5, 5.41) is 4.21. The van der Waals surface area contributed by atoms with Crippen LogP contribution in [0.4, 0.5) is 5.69 Å². The maximum Gasteiger partial charge on any atom is 0.225 e. The fourth-order valence-corrected chi connectivity index (χ4v) is 4.50. The lowest BCUT2D eigenvalue weighted by atomic mass is 10.1. The van der Waals surface area contributed by atoms with Gasteiger partial charge in [0.2, 0.25) is 5.91 Å². The minimum atomic E-state index is 0.0565. The van der Waals surface area contributed by atoms with Crippen LogP contribution in [0.1, 0.15) is 18.0 Å². The number of hydrogen-bond donors (Lipinski definition) is 0. The Hall–Kier alpha value is -2.73. The van der Waals surface area contributed by atoms with Crippen molar-refractivity contribution in [3.63, 3.8) is 0 Å².